The fourth-order valence-corrected chi connectivity index (χ4v) is 3.30. The lowest BCUT2D eigenvalue weighted by atomic mass is 10.0. The van der Waals surface area contributed by atoms with Gasteiger partial charge in [-0.25, -0.2) is 0 Å². The highest BCUT2D eigenvalue weighted by molar-refractivity contribution is 5.92. The van der Waals surface area contributed by atoms with Gasteiger partial charge in [-0.3, -0.25) is 14.5 Å². The van der Waals surface area contributed by atoms with Crippen LogP contribution in [-0.2, 0) is 9.59 Å². The number of allylic oxidation sites excluding steroid dienone is 2. The second-order valence-electron chi connectivity index (χ2n) is 6.54. The van der Waals surface area contributed by atoms with Gasteiger partial charge in [0.15, 0.2) is 0 Å². The van der Waals surface area contributed by atoms with Crippen molar-refractivity contribution in [1.82, 2.24) is 9.80 Å². The minimum atomic E-state index is -0.00271. The predicted octanol–water partition coefficient (Wildman–Crippen LogP) is 2.13. The van der Waals surface area contributed by atoms with Crippen LogP contribution in [0.15, 0.2) is 42.5 Å². The average molecular weight is 327 g/mol. The molecule has 0 radical (unpaired) electrons. The number of anilines is 1. The number of piperazine rings is 1. The van der Waals surface area contributed by atoms with Crippen molar-refractivity contribution in [2.24, 2.45) is 5.92 Å². The maximum Gasteiger partial charge on any atom is 0.238 e. The second kappa shape index (κ2) is 8.11. The molecule has 128 valence electrons. The molecule has 1 unspecified atom stereocenters. The Morgan fingerprint density at radius 3 is 2.50 bits per heavy atom. The molecule has 0 saturated carbocycles. The predicted molar refractivity (Wildman–Crippen MR) is 94.6 cm³/mol. The third-order valence-electron chi connectivity index (χ3n) is 4.70. The number of nitrogens with one attached hydrogen (secondary N) is 1. The first-order chi connectivity index (χ1) is 11.7. The molecule has 1 saturated heterocycles. The minimum absolute atomic E-state index is 0.00271. The largest absolute Gasteiger partial charge is 0.340 e. The Morgan fingerprint density at radius 2 is 1.83 bits per heavy atom. The Bertz CT molecular complexity index is 592. The van der Waals surface area contributed by atoms with E-state index in [2.05, 4.69) is 22.4 Å². The molecule has 2 aliphatic rings. The van der Waals surface area contributed by atoms with Crippen LogP contribution in [0.2, 0.25) is 0 Å². The number of rotatable bonds is 5. The Kier molecular flexibility index (Phi) is 5.64. The number of carbonyl (C=O) groups is 2. The molecule has 0 spiro atoms. The summed E-state index contributed by atoms with van der Waals surface area (Å²) in [6.45, 7) is 3.33. The zero-order chi connectivity index (χ0) is 16.8. The fourth-order valence-electron chi connectivity index (χ4n) is 3.30. The summed E-state index contributed by atoms with van der Waals surface area (Å²) in [7, 11) is 0. The number of benzene rings is 1. The maximum atomic E-state index is 12.3. The van der Waals surface area contributed by atoms with E-state index in [1.165, 1.54) is 0 Å². The van der Waals surface area contributed by atoms with Crippen molar-refractivity contribution in [3.63, 3.8) is 0 Å². The summed E-state index contributed by atoms with van der Waals surface area (Å²) >= 11 is 0. The Balaban J connectivity index is 1.39. The highest BCUT2D eigenvalue weighted by Crippen LogP contribution is 2.21. The zero-order valence-electron chi connectivity index (χ0n) is 14.0. The van der Waals surface area contributed by atoms with Gasteiger partial charge in [0.1, 0.15) is 0 Å². The molecule has 1 aliphatic carbocycles. The molecule has 1 heterocycles. The number of para-hydroxylation sites is 1. The molecule has 1 aromatic carbocycles. The number of nitrogens with zero attached hydrogens (tertiary/aromatic N) is 2. The number of amides is 2. The van der Waals surface area contributed by atoms with Gasteiger partial charge in [0.25, 0.3) is 0 Å². The van der Waals surface area contributed by atoms with Crippen molar-refractivity contribution in [3.8, 4) is 0 Å². The van der Waals surface area contributed by atoms with Crippen LogP contribution in [0.4, 0.5) is 5.69 Å². The van der Waals surface area contributed by atoms with Gasteiger partial charge in [-0.15, -0.1) is 0 Å². The van der Waals surface area contributed by atoms with Crippen molar-refractivity contribution in [1.29, 1.82) is 0 Å². The van der Waals surface area contributed by atoms with E-state index < -0.39 is 0 Å². The first-order valence-corrected chi connectivity index (χ1v) is 8.72. The van der Waals surface area contributed by atoms with Crippen LogP contribution in [0.1, 0.15) is 19.3 Å². The van der Waals surface area contributed by atoms with Crippen LogP contribution in [0.25, 0.3) is 0 Å². The number of hydrogen-bond donors (Lipinski definition) is 1. The van der Waals surface area contributed by atoms with Gasteiger partial charge in [0, 0.05) is 38.3 Å². The van der Waals surface area contributed by atoms with Gasteiger partial charge >= 0.3 is 0 Å². The number of carbonyl (C=O) groups excluding carboxylic acids is 2. The van der Waals surface area contributed by atoms with Crippen LogP contribution in [-0.4, -0.2) is 54.3 Å². The Morgan fingerprint density at radius 1 is 1.08 bits per heavy atom. The molecule has 1 aromatic rings. The normalized spacial score (nSPS) is 21.0. The van der Waals surface area contributed by atoms with Crippen LogP contribution in [0, 0.1) is 5.92 Å². The van der Waals surface area contributed by atoms with Crippen molar-refractivity contribution < 1.29 is 9.59 Å². The zero-order valence-corrected chi connectivity index (χ0v) is 14.0. The van der Waals surface area contributed by atoms with Gasteiger partial charge in [-0.2, -0.15) is 0 Å². The van der Waals surface area contributed by atoms with E-state index >= 15 is 0 Å². The van der Waals surface area contributed by atoms with E-state index in [-0.39, 0.29) is 11.8 Å². The average Bonchev–Trinajstić information content (AvgIpc) is 3.09. The molecule has 0 aromatic heterocycles. The summed E-state index contributed by atoms with van der Waals surface area (Å²) in [6.07, 6.45) is 7.17. The molecule has 1 aliphatic heterocycles. The molecule has 5 nitrogen and oxygen atoms in total. The topological polar surface area (TPSA) is 52.7 Å². The van der Waals surface area contributed by atoms with Gasteiger partial charge in [-0.05, 0) is 30.9 Å². The molecule has 2 amide bonds. The summed E-state index contributed by atoms with van der Waals surface area (Å²) in [5, 5.41) is 2.90. The van der Waals surface area contributed by atoms with Crippen LogP contribution in [0.3, 0.4) is 0 Å². The number of hydrogen-bond acceptors (Lipinski definition) is 3. The van der Waals surface area contributed by atoms with Crippen molar-refractivity contribution >= 4 is 17.5 Å². The smallest absolute Gasteiger partial charge is 0.238 e. The molecule has 1 fully saturated rings. The lowest BCUT2D eigenvalue weighted by Gasteiger charge is -2.34. The van der Waals surface area contributed by atoms with Crippen LogP contribution in [0.5, 0.6) is 0 Å². The third kappa shape index (κ3) is 4.68. The third-order valence-corrected chi connectivity index (χ3v) is 4.70. The van der Waals surface area contributed by atoms with E-state index in [1.807, 2.05) is 35.2 Å². The van der Waals surface area contributed by atoms with Gasteiger partial charge in [-0.1, -0.05) is 30.4 Å². The summed E-state index contributed by atoms with van der Waals surface area (Å²) < 4.78 is 0. The van der Waals surface area contributed by atoms with E-state index in [1.54, 1.807) is 0 Å². The molecule has 1 N–H and O–H groups in total. The quantitative estimate of drug-likeness (QED) is 0.843. The summed E-state index contributed by atoms with van der Waals surface area (Å²) in [5.74, 6) is 0.671. The first-order valence-electron chi connectivity index (χ1n) is 8.72. The van der Waals surface area contributed by atoms with Crippen molar-refractivity contribution in [2.45, 2.75) is 19.3 Å². The highest BCUT2D eigenvalue weighted by Gasteiger charge is 2.24. The highest BCUT2D eigenvalue weighted by atomic mass is 16.2. The van der Waals surface area contributed by atoms with Gasteiger partial charge in [0.2, 0.25) is 11.8 Å². The molecule has 24 heavy (non-hydrogen) atoms. The van der Waals surface area contributed by atoms with Crippen molar-refractivity contribution in [2.75, 3.05) is 38.0 Å². The van der Waals surface area contributed by atoms with Gasteiger partial charge < -0.3 is 10.2 Å². The van der Waals surface area contributed by atoms with E-state index in [4.69, 9.17) is 0 Å². The fraction of sp³-hybridized carbons (Fsp3) is 0.474. The Hall–Kier alpha value is -2.14. The van der Waals surface area contributed by atoms with Crippen LogP contribution >= 0.6 is 0 Å². The maximum absolute atomic E-state index is 12.3. The minimum Gasteiger partial charge on any atom is -0.340 e. The molecule has 5 heteroatoms. The van der Waals surface area contributed by atoms with Gasteiger partial charge in [0.05, 0.1) is 6.54 Å². The standard InChI is InChI=1S/C19H25N3O2/c23-18(20-17-8-2-1-3-9-17)15-21-10-12-22(13-11-21)19(24)14-16-6-4-5-7-16/h1-4,6,8-9,16H,5,7,10-15H2,(H,20,23). The monoisotopic (exact) mass is 327 g/mol. The summed E-state index contributed by atoms with van der Waals surface area (Å²) in [5.41, 5.74) is 0.820. The van der Waals surface area contributed by atoms with E-state index in [0.717, 1.165) is 31.6 Å². The molecule has 0 bridgehead atoms. The summed E-state index contributed by atoms with van der Waals surface area (Å²) in [6, 6.07) is 9.49. The lowest BCUT2D eigenvalue weighted by molar-refractivity contribution is -0.133. The Labute approximate surface area is 143 Å². The summed E-state index contributed by atoms with van der Waals surface area (Å²) in [4.78, 5) is 28.5. The molecular weight excluding hydrogens is 302 g/mol. The SMILES string of the molecule is O=C(CN1CCN(C(=O)CC2C=CCC2)CC1)Nc1ccccc1. The van der Waals surface area contributed by atoms with E-state index in [0.29, 0.717) is 32.0 Å². The molecule has 1 atom stereocenters. The van der Waals surface area contributed by atoms with E-state index in [9.17, 15) is 9.59 Å². The van der Waals surface area contributed by atoms with Crippen LogP contribution < -0.4 is 5.32 Å². The lowest BCUT2D eigenvalue weighted by Crippen LogP contribution is -2.50. The first kappa shape index (κ1) is 16.7. The molecule has 3 rings (SSSR count). The molecular formula is C19H25N3O2. The van der Waals surface area contributed by atoms with Crippen molar-refractivity contribution in [3.05, 3.63) is 42.5 Å². The second-order valence-corrected chi connectivity index (χ2v) is 6.54.